The zero-order chi connectivity index (χ0) is 84.9. The van der Waals surface area contributed by atoms with Crippen LogP contribution in [0.5, 0.6) is 0 Å². The van der Waals surface area contributed by atoms with Gasteiger partial charge in [0.25, 0.3) is 5.91 Å². The van der Waals surface area contributed by atoms with E-state index in [4.69, 9.17) is 75.9 Å². The van der Waals surface area contributed by atoms with Gasteiger partial charge in [0, 0.05) is 109 Å². The number of Topliss-reactive ketones (excluding diaryl/α,β-unsaturated/α-hetero) is 3. The Bertz CT molecular complexity index is 3170. The van der Waals surface area contributed by atoms with Crippen LogP contribution in [-0.4, -0.2) is 274 Å². The Balaban J connectivity index is 0.00000146. The maximum atomic E-state index is 12.3. The lowest BCUT2D eigenvalue weighted by atomic mass is 10.1. The summed E-state index contributed by atoms with van der Waals surface area (Å²) in [6.45, 7) is 27.3. The van der Waals surface area contributed by atoms with Crippen molar-refractivity contribution in [2.45, 2.75) is 176 Å². The van der Waals surface area contributed by atoms with E-state index in [1.54, 1.807) is 71.1 Å². The summed E-state index contributed by atoms with van der Waals surface area (Å²) >= 11 is 0. The van der Waals surface area contributed by atoms with E-state index in [1.807, 2.05) is 70.6 Å². The molecule has 0 aliphatic carbocycles. The van der Waals surface area contributed by atoms with Crippen LogP contribution in [0.4, 0.5) is 0 Å². The van der Waals surface area contributed by atoms with E-state index >= 15 is 0 Å². The van der Waals surface area contributed by atoms with Gasteiger partial charge in [0.2, 0.25) is 11.8 Å². The average Bonchev–Trinajstić information content (AvgIpc) is 0.901. The van der Waals surface area contributed by atoms with E-state index < -0.39 is 33.3 Å². The standard InChI is InChI=1S/C22H33N5O4S2.C17H31N5O4S2.C16H29N5O4S2.2C8H20NO3P/c1-16-14-27(26-25-16)9-11-31-13-12-30-10-8-24-22(29)20-6-4-19(5-7-20)18(3)33-32-15-21(23)17(2)28;1-3-16(23)15(18)13-28-27-11-4-17(24)19-5-7-25-9-10-26-8-6-22-12-14(2)20-21-22;1-13-11-21(20-19-13)5-7-25-9-8-24-6-4-18-16(23)3-10-26-27-12-15(17)14(2)22;2*1-2-13(10,11)12-8-6-4-3-5-7-9/h4-7,14,18,21H,8-13,15,23H2,1-3H3,(H,24,29);12,15H,3-11,13,18H2,1-2H3,(H,19,24);11,15H,3-10,12,17H2,1-2H3,(H,18,23);2*2-9H2,1H3,(H,10,11)/t18?,21-;2*15-;;/m000../s1. The molecule has 0 radical (unpaired) electrons. The van der Waals surface area contributed by atoms with E-state index in [9.17, 15) is 37.9 Å². The SMILES string of the molecule is CC(=O)[C@@H](N)CSSC(C)c1ccc(C(=O)NCCOCCOCCn2cc(C)nn2)cc1.CC(=O)[C@@H](N)CSSCCC(=O)NCCOCCOCCn1cc(C)nn1.CCC(=O)[C@@H](N)CSSCCC(=O)NCCOCCOCCn1cc(C)nn1.CCP(=O)(O)OCCCCCCN.CCP(=O)(O)OCCCCCCN. The Morgan fingerprint density at radius 3 is 1.17 bits per heavy atom. The first-order valence-corrected chi connectivity index (χ1v) is 49.4. The molecule has 15 N–H and O–H groups in total. The molecule has 43 heteroatoms. The number of unbranched alkanes of at least 4 members (excludes halogenated alkanes) is 6. The molecule has 114 heavy (non-hydrogen) atoms. The van der Waals surface area contributed by atoms with Crippen LogP contribution in [0, 0.1) is 20.8 Å². The molecule has 0 spiro atoms. The van der Waals surface area contributed by atoms with E-state index in [1.165, 1.54) is 35.4 Å². The summed E-state index contributed by atoms with van der Waals surface area (Å²) in [7, 11) is 2.90. The second kappa shape index (κ2) is 73.0. The summed E-state index contributed by atoms with van der Waals surface area (Å²) in [5.41, 5.74) is 32.1. The predicted octanol–water partition coefficient (Wildman–Crippen LogP) is 7.10. The zero-order valence-corrected chi connectivity index (χ0v) is 75.0. The second-order valence-corrected chi connectivity index (χ2v) is 37.5. The minimum absolute atomic E-state index is 0.000668. The molecular formula is C71H133N17O18P2S6. The van der Waals surface area contributed by atoms with E-state index in [-0.39, 0.29) is 52.6 Å². The molecular weight excluding hydrogens is 1630 g/mol. The van der Waals surface area contributed by atoms with Crippen LogP contribution in [-0.2, 0) is 90.2 Å². The fourth-order valence-corrected chi connectivity index (χ4v) is 16.3. The first kappa shape index (κ1) is 110. The van der Waals surface area contributed by atoms with Crippen molar-refractivity contribution in [1.82, 2.24) is 60.9 Å². The Labute approximate surface area is 698 Å². The van der Waals surface area contributed by atoms with Crippen LogP contribution >= 0.6 is 80.0 Å². The van der Waals surface area contributed by atoms with Crippen LogP contribution < -0.4 is 44.6 Å². The second-order valence-electron chi connectivity index (χ2n) is 25.2. The van der Waals surface area contributed by atoms with Crippen LogP contribution in [0.25, 0.3) is 0 Å². The van der Waals surface area contributed by atoms with Crippen molar-refractivity contribution in [3.05, 3.63) is 71.1 Å². The predicted molar refractivity (Wildman–Crippen MR) is 460 cm³/mol. The number of ether oxygens (including phenoxy) is 6. The molecule has 3 aromatic heterocycles. The van der Waals surface area contributed by atoms with Gasteiger partial charge in [-0.3, -0.25) is 37.9 Å². The maximum absolute atomic E-state index is 12.3. The monoisotopic (exact) mass is 1770 g/mol. The number of amides is 3. The van der Waals surface area contributed by atoms with Gasteiger partial charge >= 0.3 is 15.2 Å². The lowest BCUT2D eigenvalue weighted by Crippen LogP contribution is -2.32. The number of aryl methyl sites for hydroxylation is 3. The molecule has 0 saturated carbocycles. The van der Waals surface area contributed by atoms with Gasteiger partial charge in [-0.25, -0.2) is 14.0 Å². The van der Waals surface area contributed by atoms with Crippen molar-refractivity contribution in [1.29, 1.82) is 0 Å². The quantitative estimate of drug-likeness (QED) is 0.0120. The zero-order valence-electron chi connectivity index (χ0n) is 68.3. The van der Waals surface area contributed by atoms with Gasteiger partial charge in [-0.05, 0) is 98.0 Å². The Hall–Kier alpha value is -3.98. The molecule has 0 fully saturated rings. The van der Waals surface area contributed by atoms with Crippen LogP contribution in [0.1, 0.15) is 150 Å². The summed E-state index contributed by atoms with van der Waals surface area (Å²) in [6.07, 6.45) is 15.2. The molecule has 656 valence electrons. The van der Waals surface area contributed by atoms with Crippen molar-refractivity contribution in [3.8, 4) is 0 Å². The van der Waals surface area contributed by atoms with Gasteiger partial charge < -0.3 is 91.9 Å². The minimum atomic E-state index is -3.25. The summed E-state index contributed by atoms with van der Waals surface area (Å²) in [5, 5.41) is 32.2. The number of carbonyl (C=O) groups is 6. The molecule has 0 bridgehead atoms. The number of hydrogen-bond acceptors (Lipinski definition) is 33. The van der Waals surface area contributed by atoms with Gasteiger partial charge in [0.05, 0.1) is 147 Å². The van der Waals surface area contributed by atoms with Crippen molar-refractivity contribution in [2.24, 2.45) is 28.7 Å². The highest BCUT2D eigenvalue weighted by Crippen LogP contribution is 2.42. The number of aromatic nitrogens is 9. The third kappa shape index (κ3) is 65.9. The topological polar surface area (TPSA) is 509 Å². The molecule has 4 rings (SSSR count). The number of hydrogen-bond donors (Lipinski definition) is 10. The molecule has 35 nitrogen and oxygen atoms in total. The molecule has 0 aliphatic heterocycles. The van der Waals surface area contributed by atoms with Crippen LogP contribution in [0.15, 0.2) is 42.9 Å². The summed E-state index contributed by atoms with van der Waals surface area (Å²) in [6, 6.07) is 6.28. The number of nitrogens with one attached hydrogen (secondary N) is 3. The molecule has 4 aromatic rings. The van der Waals surface area contributed by atoms with Crippen LogP contribution in [0.2, 0.25) is 0 Å². The van der Waals surface area contributed by atoms with E-state index in [0.717, 1.165) is 74.0 Å². The Morgan fingerprint density at radius 1 is 0.474 bits per heavy atom. The summed E-state index contributed by atoms with van der Waals surface area (Å²) in [4.78, 5) is 87.3. The normalized spacial score (nSPS) is 13.2. The lowest BCUT2D eigenvalue weighted by molar-refractivity contribution is -0.121. The molecule has 3 amide bonds. The van der Waals surface area contributed by atoms with Gasteiger partial charge in [-0.15, -0.1) is 15.3 Å². The van der Waals surface area contributed by atoms with Crippen molar-refractivity contribution < 1.29 is 85.2 Å². The fraction of sp³-hybridized carbons (Fsp3) is 0.746. The van der Waals surface area contributed by atoms with Gasteiger partial charge in [0.15, 0.2) is 0 Å². The Kier molecular flexibility index (Phi) is 70.4. The maximum Gasteiger partial charge on any atom is 0.327 e. The number of benzene rings is 1. The highest BCUT2D eigenvalue weighted by molar-refractivity contribution is 8.77. The largest absolute Gasteiger partial charge is 0.377 e. The van der Waals surface area contributed by atoms with Crippen LogP contribution in [0.3, 0.4) is 0 Å². The average molecular weight is 1770 g/mol. The van der Waals surface area contributed by atoms with Gasteiger partial charge in [0.1, 0.15) is 17.3 Å². The summed E-state index contributed by atoms with van der Waals surface area (Å²) < 4.78 is 69.6. The Morgan fingerprint density at radius 2 is 0.825 bits per heavy atom. The molecule has 0 aliphatic rings. The molecule has 3 unspecified atom stereocenters. The highest BCUT2D eigenvalue weighted by Gasteiger charge is 2.18. The third-order valence-electron chi connectivity index (χ3n) is 15.1. The first-order chi connectivity index (χ1) is 54.6. The molecule has 6 atom stereocenters. The molecule has 3 heterocycles. The fourth-order valence-electron chi connectivity index (χ4n) is 8.19. The molecule has 0 saturated heterocycles. The van der Waals surface area contributed by atoms with E-state index in [0.29, 0.717) is 198 Å². The number of carbonyl (C=O) groups excluding carboxylic acids is 6. The van der Waals surface area contributed by atoms with Crippen molar-refractivity contribution in [3.63, 3.8) is 0 Å². The van der Waals surface area contributed by atoms with Crippen molar-refractivity contribution in [2.75, 3.05) is 166 Å². The minimum Gasteiger partial charge on any atom is -0.377 e. The first-order valence-electron chi connectivity index (χ1n) is 38.5. The lowest BCUT2D eigenvalue weighted by Gasteiger charge is -2.13. The number of rotatable bonds is 65. The smallest absolute Gasteiger partial charge is 0.327 e. The highest BCUT2D eigenvalue weighted by atomic mass is 33.1. The van der Waals surface area contributed by atoms with Gasteiger partial charge in [-0.2, -0.15) is 0 Å². The van der Waals surface area contributed by atoms with E-state index in [2.05, 4.69) is 53.8 Å². The number of ketones is 3. The van der Waals surface area contributed by atoms with Gasteiger partial charge in [-0.1, -0.05) is 139 Å². The molecule has 1 aromatic carbocycles. The summed E-state index contributed by atoms with van der Waals surface area (Å²) in [5.74, 6) is 2.99. The third-order valence-corrected chi connectivity index (χ3v) is 25.6. The number of nitrogens with zero attached hydrogens (tertiary/aromatic N) is 9. The number of nitrogens with two attached hydrogens (primary N) is 5. The van der Waals surface area contributed by atoms with Crippen molar-refractivity contribution >= 4 is 115 Å².